The SMILES string of the molecule is NCc1c(-c2ccccc2)cnn1-c1ccccc1. The van der Waals surface area contributed by atoms with Gasteiger partial charge in [0, 0.05) is 12.1 Å². The number of rotatable bonds is 3. The molecule has 0 fully saturated rings. The van der Waals surface area contributed by atoms with Gasteiger partial charge in [-0.05, 0) is 17.7 Å². The number of para-hydroxylation sites is 1. The average Bonchev–Trinajstić information content (AvgIpc) is 2.93. The maximum Gasteiger partial charge on any atom is 0.0656 e. The molecule has 0 spiro atoms. The molecule has 94 valence electrons. The fourth-order valence-electron chi connectivity index (χ4n) is 2.22. The Bertz CT molecular complexity index is 600. The fourth-order valence-corrected chi connectivity index (χ4v) is 2.22. The van der Waals surface area contributed by atoms with Gasteiger partial charge in [-0.1, -0.05) is 48.5 Å². The molecule has 0 radical (unpaired) electrons. The summed E-state index contributed by atoms with van der Waals surface area (Å²) in [4.78, 5) is 0. The van der Waals surface area contributed by atoms with Crippen molar-refractivity contribution in [3.05, 3.63) is 72.6 Å². The van der Waals surface area contributed by atoms with E-state index in [9.17, 15) is 0 Å². The van der Waals surface area contributed by atoms with Gasteiger partial charge in [0.25, 0.3) is 0 Å². The molecule has 3 rings (SSSR count). The highest BCUT2D eigenvalue weighted by molar-refractivity contribution is 5.66. The van der Waals surface area contributed by atoms with Crippen LogP contribution in [0.5, 0.6) is 0 Å². The Labute approximate surface area is 112 Å². The molecule has 1 heterocycles. The van der Waals surface area contributed by atoms with E-state index in [4.69, 9.17) is 5.73 Å². The molecule has 0 saturated carbocycles. The second kappa shape index (κ2) is 5.08. The Kier molecular flexibility index (Phi) is 3.12. The van der Waals surface area contributed by atoms with Crippen LogP contribution in [0, 0.1) is 0 Å². The lowest BCUT2D eigenvalue weighted by molar-refractivity contribution is 0.804. The smallest absolute Gasteiger partial charge is 0.0656 e. The van der Waals surface area contributed by atoms with E-state index >= 15 is 0 Å². The van der Waals surface area contributed by atoms with Gasteiger partial charge in [-0.25, -0.2) is 4.68 Å². The minimum absolute atomic E-state index is 0.457. The molecule has 0 amide bonds. The molecule has 19 heavy (non-hydrogen) atoms. The van der Waals surface area contributed by atoms with Gasteiger partial charge in [-0.2, -0.15) is 5.10 Å². The Morgan fingerprint density at radius 1 is 0.895 bits per heavy atom. The van der Waals surface area contributed by atoms with Crippen molar-refractivity contribution in [3.63, 3.8) is 0 Å². The first-order valence-electron chi connectivity index (χ1n) is 6.28. The third kappa shape index (κ3) is 2.16. The van der Waals surface area contributed by atoms with Gasteiger partial charge in [-0.3, -0.25) is 0 Å². The molecule has 0 unspecified atom stereocenters. The summed E-state index contributed by atoms with van der Waals surface area (Å²) in [5.41, 5.74) is 10.2. The topological polar surface area (TPSA) is 43.8 Å². The zero-order valence-electron chi connectivity index (χ0n) is 10.5. The molecule has 0 bridgehead atoms. The molecule has 0 aliphatic rings. The van der Waals surface area contributed by atoms with Crippen molar-refractivity contribution in [3.8, 4) is 16.8 Å². The highest BCUT2D eigenvalue weighted by Gasteiger charge is 2.11. The Morgan fingerprint density at radius 3 is 2.16 bits per heavy atom. The molecule has 3 heteroatoms. The zero-order chi connectivity index (χ0) is 13.1. The molecule has 2 aromatic carbocycles. The molecule has 3 aromatic rings. The molecule has 3 nitrogen and oxygen atoms in total. The van der Waals surface area contributed by atoms with Crippen LogP contribution in [0.25, 0.3) is 16.8 Å². The number of benzene rings is 2. The largest absolute Gasteiger partial charge is 0.325 e. The summed E-state index contributed by atoms with van der Waals surface area (Å²) in [7, 11) is 0. The third-order valence-corrected chi connectivity index (χ3v) is 3.15. The van der Waals surface area contributed by atoms with Crippen LogP contribution in [0.4, 0.5) is 0 Å². The second-order valence-corrected chi connectivity index (χ2v) is 4.32. The van der Waals surface area contributed by atoms with Crippen LogP contribution in [0.3, 0.4) is 0 Å². The van der Waals surface area contributed by atoms with Gasteiger partial charge in [0.1, 0.15) is 0 Å². The molecule has 0 atom stereocenters. The predicted octanol–water partition coefficient (Wildman–Crippen LogP) is 3.00. The van der Waals surface area contributed by atoms with Gasteiger partial charge in [0.2, 0.25) is 0 Å². The van der Waals surface area contributed by atoms with Crippen molar-refractivity contribution in [2.24, 2.45) is 5.73 Å². The van der Waals surface area contributed by atoms with E-state index in [1.165, 1.54) is 0 Å². The number of aromatic nitrogens is 2. The lowest BCUT2D eigenvalue weighted by Crippen LogP contribution is -2.07. The molecule has 2 N–H and O–H groups in total. The molecule has 0 aliphatic heterocycles. The summed E-state index contributed by atoms with van der Waals surface area (Å²) in [6.07, 6.45) is 1.88. The van der Waals surface area contributed by atoms with Crippen molar-refractivity contribution in [1.29, 1.82) is 0 Å². The zero-order valence-corrected chi connectivity index (χ0v) is 10.5. The van der Waals surface area contributed by atoms with Crippen molar-refractivity contribution in [2.75, 3.05) is 0 Å². The van der Waals surface area contributed by atoms with E-state index in [1.54, 1.807) is 0 Å². The summed E-state index contributed by atoms with van der Waals surface area (Å²) in [6, 6.07) is 20.3. The van der Waals surface area contributed by atoms with Gasteiger partial charge in [0.15, 0.2) is 0 Å². The number of nitrogens with two attached hydrogens (primary N) is 1. The summed E-state index contributed by atoms with van der Waals surface area (Å²) in [5.74, 6) is 0. The Hall–Kier alpha value is -2.39. The number of hydrogen-bond donors (Lipinski definition) is 1. The van der Waals surface area contributed by atoms with E-state index in [0.717, 1.165) is 22.5 Å². The summed E-state index contributed by atoms with van der Waals surface area (Å²) in [6.45, 7) is 0.457. The first kappa shape index (κ1) is 11.7. The fraction of sp³-hybridized carbons (Fsp3) is 0.0625. The average molecular weight is 249 g/mol. The highest BCUT2D eigenvalue weighted by Crippen LogP contribution is 2.25. The third-order valence-electron chi connectivity index (χ3n) is 3.15. The minimum Gasteiger partial charge on any atom is -0.325 e. The van der Waals surface area contributed by atoms with Crippen LogP contribution in [-0.2, 0) is 6.54 Å². The van der Waals surface area contributed by atoms with Crippen LogP contribution in [0.2, 0.25) is 0 Å². The molecule has 1 aromatic heterocycles. The standard InChI is InChI=1S/C16H15N3/c17-11-16-15(13-7-3-1-4-8-13)12-18-19(16)14-9-5-2-6-10-14/h1-10,12H,11,17H2. The molecule has 0 aliphatic carbocycles. The number of hydrogen-bond acceptors (Lipinski definition) is 2. The Balaban J connectivity index is 2.13. The summed E-state index contributed by atoms with van der Waals surface area (Å²) < 4.78 is 1.91. The maximum atomic E-state index is 5.91. The van der Waals surface area contributed by atoms with Crippen molar-refractivity contribution < 1.29 is 0 Å². The second-order valence-electron chi connectivity index (χ2n) is 4.32. The van der Waals surface area contributed by atoms with Crippen molar-refractivity contribution in [1.82, 2.24) is 9.78 Å². The summed E-state index contributed by atoms with van der Waals surface area (Å²) >= 11 is 0. The minimum atomic E-state index is 0.457. The van der Waals surface area contributed by atoms with E-state index in [-0.39, 0.29) is 0 Å². The van der Waals surface area contributed by atoms with E-state index < -0.39 is 0 Å². The van der Waals surface area contributed by atoms with Crippen LogP contribution in [0.15, 0.2) is 66.9 Å². The normalized spacial score (nSPS) is 10.6. The first-order chi connectivity index (χ1) is 9.40. The van der Waals surface area contributed by atoms with Crippen LogP contribution < -0.4 is 5.73 Å². The lowest BCUT2D eigenvalue weighted by Gasteiger charge is -2.07. The van der Waals surface area contributed by atoms with Gasteiger partial charge >= 0.3 is 0 Å². The number of nitrogens with zero attached hydrogens (tertiary/aromatic N) is 2. The lowest BCUT2D eigenvalue weighted by atomic mass is 10.1. The first-order valence-corrected chi connectivity index (χ1v) is 6.28. The van der Waals surface area contributed by atoms with Gasteiger partial charge in [-0.15, -0.1) is 0 Å². The van der Waals surface area contributed by atoms with Gasteiger partial charge in [0.05, 0.1) is 17.6 Å². The van der Waals surface area contributed by atoms with Crippen LogP contribution >= 0.6 is 0 Å². The molecular weight excluding hydrogens is 234 g/mol. The molecular formula is C16H15N3. The van der Waals surface area contributed by atoms with Crippen LogP contribution in [-0.4, -0.2) is 9.78 Å². The Morgan fingerprint density at radius 2 is 1.53 bits per heavy atom. The highest BCUT2D eigenvalue weighted by atomic mass is 15.3. The van der Waals surface area contributed by atoms with E-state index in [1.807, 2.05) is 59.4 Å². The van der Waals surface area contributed by atoms with E-state index in [0.29, 0.717) is 6.54 Å². The summed E-state index contributed by atoms with van der Waals surface area (Å²) in [5, 5.41) is 4.47. The van der Waals surface area contributed by atoms with E-state index in [2.05, 4.69) is 17.2 Å². The van der Waals surface area contributed by atoms with Crippen molar-refractivity contribution in [2.45, 2.75) is 6.54 Å². The van der Waals surface area contributed by atoms with Gasteiger partial charge < -0.3 is 5.73 Å². The monoisotopic (exact) mass is 249 g/mol. The molecule has 0 saturated heterocycles. The maximum absolute atomic E-state index is 5.91. The van der Waals surface area contributed by atoms with Crippen LogP contribution in [0.1, 0.15) is 5.69 Å². The quantitative estimate of drug-likeness (QED) is 0.775. The predicted molar refractivity (Wildman–Crippen MR) is 76.9 cm³/mol. The van der Waals surface area contributed by atoms with Crippen molar-refractivity contribution >= 4 is 0 Å².